The zero-order valence-electron chi connectivity index (χ0n) is 19.9. The molecule has 3 aromatic rings. The van der Waals surface area contributed by atoms with Crippen LogP contribution in [0.4, 0.5) is 5.69 Å². The van der Waals surface area contributed by atoms with Gasteiger partial charge in [0, 0.05) is 11.6 Å². The van der Waals surface area contributed by atoms with Crippen LogP contribution >= 0.6 is 27.3 Å². The van der Waals surface area contributed by atoms with E-state index in [2.05, 4.69) is 20.9 Å². The summed E-state index contributed by atoms with van der Waals surface area (Å²) < 4.78 is 13.1. The molecule has 2 heterocycles. The van der Waals surface area contributed by atoms with Crippen molar-refractivity contribution in [3.05, 3.63) is 98.6 Å². The van der Waals surface area contributed by atoms with Crippen LogP contribution in [0.3, 0.4) is 0 Å². The third kappa shape index (κ3) is 4.63. The Morgan fingerprint density at radius 3 is 2.67 bits per heavy atom. The maximum absolute atomic E-state index is 13.7. The molecule has 0 saturated heterocycles. The molecule has 36 heavy (non-hydrogen) atoms. The minimum Gasteiger partial charge on any atom is -0.496 e. The highest BCUT2D eigenvalue weighted by Crippen LogP contribution is 2.35. The number of nitro benzene ring substituents is 1. The minimum atomic E-state index is -0.781. The van der Waals surface area contributed by atoms with Crippen LogP contribution in [0.5, 0.6) is 5.75 Å². The second-order valence-electron chi connectivity index (χ2n) is 8.00. The smallest absolute Gasteiger partial charge is 0.338 e. The van der Waals surface area contributed by atoms with Crippen LogP contribution in [0.1, 0.15) is 36.6 Å². The maximum Gasteiger partial charge on any atom is 0.338 e. The Bertz CT molecular complexity index is 1600. The van der Waals surface area contributed by atoms with Gasteiger partial charge in [0.25, 0.3) is 11.2 Å². The predicted molar refractivity (Wildman–Crippen MR) is 139 cm³/mol. The summed E-state index contributed by atoms with van der Waals surface area (Å²) >= 11 is 4.63. The molecule has 0 bridgehead atoms. The minimum absolute atomic E-state index is 0.0297. The van der Waals surface area contributed by atoms with E-state index < -0.39 is 16.9 Å². The van der Waals surface area contributed by atoms with Crippen molar-refractivity contribution < 1.29 is 19.2 Å². The molecule has 0 unspecified atom stereocenters. The fourth-order valence-electron chi connectivity index (χ4n) is 4.02. The average molecular weight is 572 g/mol. The molecule has 4 rings (SSSR count). The molecule has 0 aliphatic carbocycles. The summed E-state index contributed by atoms with van der Waals surface area (Å²) in [6.07, 6.45) is 1.60. The molecule has 11 heteroatoms. The molecule has 1 aromatic heterocycles. The molecule has 0 N–H and O–H groups in total. The molecule has 0 fully saturated rings. The van der Waals surface area contributed by atoms with E-state index in [9.17, 15) is 19.7 Å². The first-order valence-electron chi connectivity index (χ1n) is 10.9. The number of benzene rings is 2. The predicted octanol–water partition coefficient (Wildman–Crippen LogP) is 3.79. The largest absolute Gasteiger partial charge is 0.496 e. The van der Waals surface area contributed by atoms with Gasteiger partial charge in [0.05, 0.1) is 45.0 Å². The number of nitro groups is 1. The highest BCUT2D eigenvalue weighted by molar-refractivity contribution is 9.10. The Morgan fingerprint density at radius 1 is 1.28 bits per heavy atom. The van der Waals surface area contributed by atoms with Gasteiger partial charge in [0.1, 0.15) is 5.75 Å². The molecule has 1 aliphatic rings. The summed E-state index contributed by atoms with van der Waals surface area (Å²) in [6, 6.07) is 9.33. The number of hydrogen-bond donors (Lipinski definition) is 0. The van der Waals surface area contributed by atoms with E-state index in [1.165, 1.54) is 10.6 Å². The number of aryl methyl sites for hydroxylation is 1. The molecular weight excluding hydrogens is 550 g/mol. The van der Waals surface area contributed by atoms with Crippen LogP contribution in [0.15, 0.2) is 61.9 Å². The van der Waals surface area contributed by atoms with Crippen LogP contribution in [0, 0.1) is 17.0 Å². The molecule has 2 aromatic carbocycles. The highest BCUT2D eigenvalue weighted by atomic mass is 79.9. The lowest BCUT2D eigenvalue weighted by Gasteiger charge is -2.25. The first-order chi connectivity index (χ1) is 17.2. The zero-order chi connectivity index (χ0) is 26.1. The van der Waals surface area contributed by atoms with Crippen molar-refractivity contribution in [1.29, 1.82) is 0 Å². The third-order valence-corrected chi connectivity index (χ3v) is 7.34. The van der Waals surface area contributed by atoms with E-state index in [4.69, 9.17) is 9.47 Å². The van der Waals surface area contributed by atoms with E-state index >= 15 is 0 Å². The number of methoxy groups -OCH3 is 1. The van der Waals surface area contributed by atoms with Gasteiger partial charge in [-0.2, -0.15) is 0 Å². The number of nitrogens with zero attached hydrogens (tertiary/aromatic N) is 3. The highest BCUT2D eigenvalue weighted by Gasteiger charge is 2.33. The number of aromatic nitrogens is 1. The molecule has 186 valence electrons. The van der Waals surface area contributed by atoms with E-state index in [-0.39, 0.29) is 23.4 Å². The summed E-state index contributed by atoms with van der Waals surface area (Å²) in [6.45, 7) is 5.24. The standard InChI is InChI=1S/C25H22BrN3O6S/c1-5-35-24(31)21-14(3)27-25-28(22(21)16-8-9-19(34-4)17(26)12-16)23(30)20(36-25)11-15-7-6-13(2)18(10-15)29(32)33/h6-12,22H,5H2,1-4H3/b20-11-/t22-/m1/s1. The number of esters is 1. The van der Waals surface area contributed by atoms with Gasteiger partial charge >= 0.3 is 5.97 Å². The van der Waals surface area contributed by atoms with Crippen LogP contribution < -0.4 is 19.6 Å². The molecule has 0 radical (unpaired) electrons. The topological polar surface area (TPSA) is 113 Å². The Kier molecular flexibility index (Phi) is 7.23. The van der Waals surface area contributed by atoms with Gasteiger partial charge in [-0.3, -0.25) is 19.5 Å². The summed E-state index contributed by atoms with van der Waals surface area (Å²) in [5.41, 5.74) is 2.02. The summed E-state index contributed by atoms with van der Waals surface area (Å²) in [5.74, 6) is 0.0460. The Morgan fingerprint density at radius 2 is 2.03 bits per heavy atom. The molecule has 0 saturated carbocycles. The Labute approximate surface area is 218 Å². The molecule has 0 amide bonds. The summed E-state index contributed by atoms with van der Waals surface area (Å²) in [4.78, 5) is 42.5. The first kappa shape index (κ1) is 25.5. The van der Waals surface area contributed by atoms with Gasteiger partial charge in [0.2, 0.25) is 0 Å². The normalized spacial score (nSPS) is 15.4. The van der Waals surface area contributed by atoms with Gasteiger partial charge in [-0.15, -0.1) is 0 Å². The average Bonchev–Trinajstić information content (AvgIpc) is 3.13. The second-order valence-corrected chi connectivity index (χ2v) is 9.86. The number of halogens is 1. The van der Waals surface area contributed by atoms with Crippen molar-refractivity contribution in [2.24, 2.45) is 4.99 Å². The quantitative estimate of drug-likeness (QED) is 0.253. The van der Waals surface area contributed by atoms with E-state index in [0.29, 0.717) is 41.9 Å². The second kappa shape index (κ2) is 10.2. The van der Waals surface area contributed by atoms with Crippen LogP contribution in [0.2, 0.25) is 0 Å². The van der Waals surface area contributed by atoms with E-state index in [1.54, 1.807) is 64.3 Å². The van der Waals surface area contributed by atoms with E-state index in [1.807, 2.05) is 0 Å². The molecule has 0 spiro atoms. The summed E-state index contributed by atoms with van der Waals surface area (Å²) in [5, 5.41) is 11.4. The van der Waals surface area contributed by atoms with E-state index in [0.717, 1.165) is 11.3 Å². The van der Waals surface area contributed by atoms with Gasteiger partial charge < -0.3 is 9.47 Å². The maximum atomic E-state index is 13.7. The van der Waals surface area contributed by atoms with Crippen molar-refractivity contribution in [3.8, 4) is 5.75 Å². The zero-order valence-corrected chi connectivity index (χ0v) is 22.3. The Balaban J connectivity index is 1.96. The third-order valence-electron chi connectivity index (χ3n) is 5.74. The van der Waals surface area contributed by atoms with Crippen LogP contribution in [-0.4, -0.2) is 29.2 Å². The van der Waals surface area contributed by atoms with Gasteiger partial charge in [0.15, 0.2) is 4.80 Å². The molecule has 9 nitrogen and oxygen atoms in total. The van der Waals surface area contributed by atoms with Crippen LogP contribution in [-0.2, 0) is 9.53 Å². The Hall–Kier alpha value is -3.57. The monoisotopic (exact) mass is 571 g/mol. The number of allylic oxidation sites excluding steroid dienone is 1. The van der Waals surface area contributed by atoms with Crippen molar-refractivity contribution >= 4 is 45.0 Å². The number of ether oxygens (including phenoxy) is 2. The van der Waals surface area contributed by atoms with Crippen molar-refractivity contribution in [2.45, 2.75) is 26.8 Å². The lowest BCUT2D eigenvalue weighted by Crippen LogP contribution is -2.40. The van der Waals surface area contributed by atoms with Crippen molar-refractivity contribution in [2.75, 3.05) is 13.7 Å². The lowest BCUT2D eigenvalue weighted by molar-refractivity contribution is -0.385. The molecule has 1 atom stereocenters. The SMILES string of the molecule is CCOC(=O)C1=C(C)N=c2s/c(=C\c3ccc(C)c([N+](=O)[O-])c3)c(=O)n2[C@@H]1c1ccc(OC)c(Br)c1. The van der Waals surface area contributed by atoms with Gasteiger partial charge in [-0.25, -0.2) is 9.79 Å². The summed E-state index contributed by atoms with van der Waals surface area (Å²) in [7, 11) is 1.55. The first-order valence-corrected chi connectivity index (χ1v) is 12.5. The van der Waals surface area contributed by atoms with Gasteiger partial charge in [-0.1, -0.05) is 29.5 Å². The number of hydrogen-bond acceptors (Lipinski definition) is 8. The number of rotatable bonds is 6. The van der Waals surface area contributed by atoms with Gasteiger partial charge in [-0.05, 0) is 66.0 Å². The fourth-order valence-corrected chi connectivity index (χ4v) is 5.63. The number of carbonyl (C=O) groups is 1. The number of thiazole rings is 1. The molecule has 1 aliphatic heterocycles. The lowest BCUT2D eigenvalue weighted by atomic mass is 9.96. The van der Waals surface area contributed by atoms with Crippen molar-refractivity contribution in [3.63, 3.8) is 0 Å². The number of carbonyl (C=O) groups excluding carboxylic acids is 1. The molecular formula is C25H22BrN3O6S. The van der Waals surface area contributed by atoms with Crippen molar-refractivity contribution in [1.82, 2.24) is 4.57 Å². The number of fused-ring (bicyclic) bond motifs is 1. The van der Waals surface area contributed by atoms with Crippen LogP contribution in [0.25, 0.3) is 6.08 Å². The fraction of sp³-hybridized carbons (Fsp3) is 0.240.